The highest BCUT2D eigenvalue weighted by atomic mass is 35.5. The number of carbonyl (C=O) groups is 1. The minimum Gasteiger partial charge on any atom is -0.367 e. The average Bonchev–Trinajstić information content (AvgIpc) is 3.19. The molecule has 0 fully saturated rings. The van der Waals surface area contributed by atoms with E-state index in [0.717, 1.165) is 16.9 Å². The van der Waals surface area contributed by atoms with Gasteiger partial charge in [0, 0.05) is 25.0 Å². The summed E-state index contributed by atoms with van der Waals surface area (Å²) in [6.07, 6.45) is 1.46. The monoisotopic (exact) mass is 484 g/mol. The minimum atomic E-state index is -3.90. The van der Waals surface area contributed by atoms with Gasteiger partial charge >= 0.3 is 0 Å². The number of halogens is 2. The minimum absolute atomic E-state index is 0.0686. The molecule has 158 valence electrons. The van der Waals surface area contributed by atoms with Gasteiger partial charge in [0.15, 0.2) is 0 Å². The fourth-order valence-corrected chi connectivity index (χ4v) is 5.34. The van der Waals surface area contributed by atoms with Crippen LogP contribution in [-0.4, -0.2) is 32.4 Å². The second kappa shape index (κ2) is 9.65. The highest BCUT2D eigenvalue weighted by Crippen LogP contribution is 2.25. The number of carbonyl (C=O) groups excluding carboxylic acids is 1. The number of thiophene rings is 1. The average molecular weight is 485 g/mol. The number of rotatable bonds is 8. The molecule has 3 aromatic rings. The third kappa shape index (κ3) is 5.63. The fraction of sp³-hybridized carbons (Fsp3) is 0.158. The molecule has 7 nitrogen and oxygen atoms in total. The summed E-state index contributed by atoms with van der Waals surface area (Å²) in [5, 5.41) is 8.02. The Labute approximate surface area is 188 Å². The summed E-state index contributed by atoms with van der Waals surface area (Å²) in [5.41, 5.74) is 1.44. The zero-order valence-corrected chi connectivity index (χ0v) is 18.9. The van der Waals surface area contributed by atoms with Crippen LogP contribution in [0.1, 0.15) is 15.2 Å². The predicted molar refractivity (Wildman–Crippen MR) is 121 cm³/mol. The van der Waals surface area contributed by atoms with Crippen LogP contribution in [0, 0.1) is 6.92 Å². The number of hydrogen-bond donors (Lipinski definition) is 3. The smallest absolute Gasteiger partial charge is 0.263 e. The van der Waals surface area contributed by atoms with E-state index in [9.17, 15) is 13.2 Å². The molecule has 0 aliphatic heterocycles. The third-order valence-corrected chi connectivity index (χ3v) is 6.90. The van der Waals surface area contributed by atoms with Crippen LogP contribution >= 0.6 is 34.5 Å². The van der Waals surface area contributed by atoms with Gasteiger partial charge in [-0.2, -0.15) is 0 Å². The summed E-state index contributed by atoms with van der Waals surface area (Å²) < 4.78 is 27.9. The van der Waals surface area contributed by atoms with E-state index in [0.29, 0.717) is 28.1 Å². The number of aromatic nitrogens is 1. The molecule has 1 aromatic carbocycles. The van der Waals surface area contributed by atoms with Gasteiger partial charge in [-0.25, -0.2) is 13.4 Å². The van der Waals surface area contributed by atoms with E-state index in [1.54, 1.807) is 35.7 Å². The molecule has 0 bridgehead atoms. The Balaban J connectivity index is 1.61. The first-order valence-corrected chi connectivity index (χ1v) is 11.9. The molecule has 0 radical (unpaired) electrons. The Bertz CT molecular complexity index is 1150. The van der Waals surface area contributed by atoms with Crippen molar-refractivity contribution in [2.24, 2.45) is 0 Å². The summed E-state index contributed by atoms with van der Waals surface area (Å²) >= 11 is 12.9. The molecular formula is C19H18Cl2N4O3S2. The van der Waals surface area contributed by atoms with Gasteiger partial charge in [0.05, 0.1) is 10.0 Å². The van der Waals surface area contributed by atoms with Crippen molar-refractivity contribution in [2.45, 2.75) is 11.8 Å². The summed E-state index contributed by atoms with van der Waals surface area (Å²) in [6.45, 7) is 2.49. The SMILES string of the molecule is Cc1ccc(NS(=O)(=O)c2ccsc2C(=O)NCCNc2ncc(Cl)cc2Cl)cc1. The summed E-state index contributed by atoms with van der Waals surface area (Å²) in [5.74, 6) is -0.0387. The van der Waals surface area contributed by atoms with E-state index >= 15 is 0 Å². The van der Waals surface area contributed by atoms with Gasteiger partial charge in [0.1, 0.15) is 15.6 Å². The van der Waals surface area contributed by atoms with Gasteiger partial charge in [-0.05, 0) is 36.6 Å². The van der Waals surface area contributed by atoms with Gasteiger partial charge in [0.2, 0.25) is 0 Å². The van der Waals surface area contributed by atoms with Gasteiger partial charge < -0.3 is 10.6 Å². The number of anilines is 2. The van der Waals surface area contributed by atoms with Crippen LogP contribution < -0.4 is 15.4 Å². The highest BCUT2D eigenvalue weighted by Gasteiger charge is 2.24. The molecule has 30 heavy (non-hydrogen) atoms. The maximum absolute atomic E-state index is 12.7. The third-order valence-electron chi connectivity index (χ3n) is 3.94. The van der Waals surface area contributed by atoms with Crippen LogP contribution in [0.25, 0.3) is 0 Å². The number of aryl methyl sites for hydroxylation is 1. The van der Waals surface area contributed by atoms with Gasteiger partial charge in [-0.3, -0.25) is 9.52 Å². The Kier molecular flexibility index (Phi) is 7.19. The molecule has 1 amide bonds. The summed E-state index contributed by atoms with van der Waals surface area (Å²) in [7, 11) is -3.90. The number of amides is 1. The number of pyridine rings is 1. The molecule has 3 N–H and O–H groups in total. The molecule has 0 saturated carbocycles. The maximum atomic E-state index is 12.7. The molecule has 0 spiro atoms. The maximum Gasteiger partial charge on any atom is 0.263 e. The van der Waals surface area contributed by atoms with Crippen molar-refractivity contribution in [2.75, 3.05) is 23.1 Å². The Morgan fingerprint density at radius 2 is 1.87 bits per heavy atom. The number of nitrogens with one attached hydrogen (secondary N) is 3. The number of nitrogens with zero attached hydrogens (tertiary/aromatic N) is 1. The molecule has 0 saturated heterocycles. The quantitative estimate of drug-likeness (QED) is 0.411. The second-order valence-corrected chi connectivity index (χ2v) is 9.66. The van der Waals surface area contributed by atoms with Gasteiger partial charge in [-0.15, -0.1) is 11.3 Å². The lowest BCUT2D eigenvalue weighted by Crippen LogP contribution is -2.29. The van der Waals surface area contributed by atoms with Crippen LogP contribution in [0.4, 0.5) is 11.5 Å². The standard InChI is InChI=1S/C19H18Cl2N4O3S2/c1-12-2-4-14(5-3-12)25-30(27,28)16-6-9-29-17(16)19(26)23-8-7-22-18-15(21)10-13(20)11-24-18/h2-6,9-11,25H,7-8H2,1H3,(H,22,24)(H,23,26). The Morgan fingerprint density at radius 3 is 2.57 bits per heavy atom. The first kappa shape index (κ1) is 22.4. The lowest BCUT2D eigenvalue weighted by atomic mass is 10.2. The Hall–Kier alpha value is -2.33. The molecular weight excluding hydrogens is 467 g/mol. The van der Waals surface area contributed by atoms with Crippen molar-refractivity contribution in [1.82, 2.24) is 10.3 Å². The van der Waals surface area contributed by atoms with Crippen molar-refractivity contribution >= 4 is 62.0 Å². The summed E-state index contributed by atoms with van der Waals surface area (Å²) in [6, 6.07) is 9.90. The van der Waals surface area contributed by atoms with Crippen LogP contribution in [-0.2, 0) is 10.0 Å². The van der Waals surface area contributed by atoms with E-state index in [4.69, 9.17) is 23.2 Å². The van der Waals surface area contributed by atoms with Crippen molar-refractivity contribution in [3.8, 4) is 0 Å². The fourth-order valence-electron chi connectivity index (χ4n) is 2.49. The normalized spacial score (nSPS) is 11.2. The Morgan fingerprint density at radius 1 is 1.13 bits per heavy atom. The van der Waals surface area contributed by atoms with Crippen LogP contribution in [0.5, 0.6) is 0 Å². The molecule has 2 heterocycles. The molecule has 0 atom stereocenters. The van der Waals surface area contributed by atoms with Crippen molar-refractivity contribution in [3.05, 3.63) is 68.5 Å². The van der Waals surface area contributed by atoms with E-state index in [1.807, 2.05) is 6.92 Å². The molecule has 0 aliphatic rings. The van der Waals surface area contributed by atoms with Gasteiger partial charge in [0.25, 0.3) is 15.9 Å². The number of benzene rings is 1. The lowest BCUT2D eigenvalue weighted by molar-refractivity contribution is 0.0956. The lowest BCUT2D eigenvalue weighted by Gasteiger charge is -2.10. The zero-order chi connectivity index (χ0) is 21.7. The van der Waals surface area contributed by atoms with E-state index in [-0.39, 0.29) is 16.3 Å². The van der Waals surface area contributed by atoms with Crippen molar-refractivity contribution in [1.29, 1.82) is 0 Å². The predicted octanol–water partition coefficient (Wildman–Crippen LogP) is 4.40. The van der Waals surface area contributed by atoms with Gasteiger partial charge in [-0.1, -0.05) is 40.9 Å². The van der Waals surface area contributed by atoms with Crippen LogP contribution in [0.3, 0.4) is 0 Å². The highest BCUT2D eigenvalue weighted by molar-refractivity contribution is 7.93. The second-order valence-electron chi connectivity index (χ2n) is 6.25. The zero-order valence-electron chi connectivity index (χ0n) is 15.8. The van der Waals surface area contributed by atoms with Crippen molar-refractivity contribution < 1.29 is 13.2 Å². The number of sulfonamides is 1. The molecule has 0 aliphatic carbocycles. The molecule has 11 heteroatoms. The summed E-state index contributed by atoms with van der Waals surface area (Å²) in [4.78, 5) is 16.6. The van der Waals surface area contributed by atoms with Crippen molar-refractivity contribution in [3.63, 3.8) is 0 Å². The molecule has 2 aromatic heterocycles. The first-order chi connectivity index (χ1) is 14.3. The van der Waals surface area contributed by atoms with Crippen LogP contribution in [0.2, 0.25) is 10.0 Å². The first-order valence-electron chi connectivity index (χ1n) is 8.76. The number of hydrogen-bond acceptors (Lipinski definition) is 6. The molecule has 3 rings (SSSR count). The van der Waals surface area contributed by atoms with E-state index in [2.05, 4.69) is 20.3 Å². The van der Waals surface area contributed by atoms with E-state index in [1.165, 1.54) is 12.3 Å². The van der Waals surface area contributed by atoms with E-state index < -0.39 is 15.9 Å². The molecule has 0 unspecified atom stereocenters. The van der Waals surface area contributed by atoms with Crippen LogP contribution in [0.15, 0.2) is 52.9 Å². The largest absolute Gasteiger partial charge is 0.367 e. The topological polar surface area (TPSA) is 100 Å².